The topological polar surface area (TPSA) is 17.8 Å². The van der Waals surface area contributed by atoms with Crippen molar-refractivity contribution in [3.05, 3.63) is 23.8 Å². The molecule has 60 valence electrons. The Hall–Kier alpha value is -1.05. The molecule has 1 aromatic rings. The Balaban J connectivity index is 3.15. The molecule has 0 aliphatic rings. The SMILES string of the molecule is C/C=C(\C)c1cnc(C)n1C. The number of aromatic nitrogens is 2. The summed E-state index contributed by atoms with van der Waals surface area (Å²) in [6, 6.07) is 0. The first kappa shape index (κ1) is 8.05. The van der Waals surface area contributed by atoms with Crippen LogP contribution in [0, 0.1) is 6.92 Å². The van der Waals surface area contributed by atoms with Crippen LogP contribution in [0.15, 0.2) is 12.3 Å². The first-order valence-electron chi connectivity index (χ1n) is 3.78. The molecule has 1 aromatic heterocycles. The van der Waals surface area contributed by atoms with Crippen molar-refractivity contribution in [2.75, 3.05) is 0 Å². The lowest BCUT2D eigenvalue weighted by Crippen LogP contribution is -1.95. The van der Waals surface area contributed by atoms with E-state index in [1.165, 1.54) is 11.3 Å². The lowest BCUT2D eigenvalue weighted by atomic mass is 10.2. The van der Waals surface area contributed by atoms with Crippen LogP contribution in [0.2, 0.25) is 0 Å². The third-order valence-corrected chi connectivity index (χ3v) is 2.06. The largest absolute Gasteiger partial charge is 0.332 e. The van der Waals surface area contributed by atoms with Crippen LogP contribution >= 0.6 is 0 Å². The highest BCUT2D eigenvalue weighted by Crippen LogP contribution is 2.12. The Morgan fingerprint density at radius 1 is 1.64 bits per heavy atom. The average molecular weight is 150 g/mol. The zero-order valence-corrected chi connectivity index (χ0v) is 7.55. The molecule has 0 amide bonds. The predicted molar refractivity (Wildman–Crippen MR) is 47.3 cm³/mol. The van der Waals surface area contributed by atoms with Gasteiger partial charge in [-0.3, -0.25) is 0 Å². The van der Waals surface area contributed by atoms with E-state index in [2.05, 4.69) is 22.6 Å². The second-order valence-electron chi connectivity index (χ2n) is 2.72. The Morgan fingerprint density at radius 3 is 2.64 bits per heavy atom. The van der Waals surface area contributed by atoms with E-state index in [0.29, 0.717) is 0 Å². The van der Waals surface area contributed by atoms with Gasteiger partial charge >= 0.3 is 0 Å². The minimum Gasteiger partial charge on any atom is -0.332 e. The molecule has 0 unspecified atom stereocenters. The Morgan fingerprint density at radius 2 is 2.27 bits per heavy atom. The van der Waals surface area contributed by atoms with Crippen molar-refractivity contribution < 1.29 is 0 Å². The summed E-state index contributed by atoms with van der Waals surface area (Å²) in [7, 11) is 2.03. The van der Waals surface area contributed by atoms with Crippen LogP contribution in [0.1, 0.15) is 25.4 Å². The van der Waals surface area contributed by atoms with Gasteiger partial charge in [-0.1, -0.05) is 6.08 Å². The van der Waals surface area contributed by atoms with Gasteiger partial charge in [-0.05, 0) is 26.3 Å². The first-order chi connectivity index (χ1) is 5.16. The van der Waals surface area contributed by atoms with E-state index >= 15 is 0 Å². The highest BCUT2D eigenvalue weighted by Gasteiger charge is 2.01. The van der Waals surface area contributed by atoms with Crippen LogP contribution < -0.4 is 0 Å². The maximum atomic E-state index is 4.21. The zero-order chi connectivity index (χ0) is 8.43. The number of imidazole rings is 1. The molecule has 0 spiro atoms. The van der Waals surface area contributed by atoms with Crippen LogP contribution in [0.5, 0.6) is 0 Å². The van der Waals surface area contributed by atoms with E-state index in [-0.39, 0.29) is 0 Å². The highest BCUT2D eigenvalue weighted by molar-refractivity contribution is 5.59. The van der Waals surface area contributed by atoms with Crippen LogP contribution in [-0.2, 0) is 7.05 Å². The van der Waals surface area contributed by atoms with Gasteiger partial charge in [-0.15, -0.1) is 0 Å². The Labute approximate surface area is 67.6 Å². The van der Waals surface area contributed by atoms with Gasteiger partial charge in [0.25, 0.3) is 0 Å². The molecule has 0 bridgehead atoms. The van der Waals surface area contributed by atoms with Crippen LogP contribution in [-0.4, -0.2) is 9.55 Å². The van der Waals surface area contributed by atoms with Crippen molar-refractivity contribution in [3.8, 4) is 0 Å². The third kappa shape index (κ3) is 1.34. The van der Waals surface area contributed by atoms with Crippen molar-refractivity contribution in [2.24, 2.45) is 7.05 Å². The molecule has 2 nitrogen and oxygen atoms in total. The molecule has 0 aliphatic carbocycles. The molecular formula is C9H14N2. The molecule has 0 fully saturated rings. The molecule has 0 saturated heterocycles. The van der Waals surface area contributed by atoms with E-state index < -0.39 is 0 Å². The molecule has 0 aromatic carbocycles. The van der Waals surface area contributed by atoms with Gasteiger partial charge in [0.2, 0.25) is 0 Å². The normalized spacial score (nSPS) is 12.2. The molecule has 0 atom stereocenters. The number of hydrogen-bond acceptors (Lipinski definition) is 1. The van der Waals surface area contributed by atoms with Crippen LogP contribution in [0.3, 0.4) is 0 Å². The van der Waals surface area contributed by atoms with E-state index in [1.807, 2.05) is 27.1 Å². The number of aryl methyl sites for hydroxylation is 1. The first-order valence-corrected chi connectivity index (χ1v) is 3.78. The quantitative estimate of drug-likeness (QED) is 0.599. The molecule has 1 rings (SSSR count). The molecule has 0 N–H and O–H groups in total. The summed E-state index contributed by atoms with van der Waals surface area (Å²) in [6.45, 7) is 6.14. The minimum atomic E-state index is 1.06. The molecule has 0 aliphatic heterocycles. The molecule has 0 radical (unpaired) electrons. The minimum absolute atomic E-state index is 1.06. The van der Waals surface area contributed by atoms with Gasteiger partial charge in [-0.25, -0.2) is 4.98 Å². The van der Waals surface area contributed by atoms with Crippen LogP contribution in [0.4, 0.5) is 0 Å². The van der Waals surface area contributed by atoms with Gasteiger partial charge in [-0.2, -0.15) is 0 Å². The lowest BCUT2D eigenvalue weighted by Gasteiger charge is -2.01. The fourth-order valence-corrected chi connectivity index (χ4v) is 1.02. The van der Waals surface area contributed by atoms with E-state index in [4.69, 9.17) is 0 Å². The standard InChI is InChI=1S/C9H14N2/c1-5-7(2)9-6-10-8(3)11(9)4/h5-6H,1-4H3/b7-5+. The number of rotatable bonds is 1. The van der Waals surface area contributed by atoms with Gasteiger partial charge in [0, 0.05) is 7.05 Å². The summed E-state index contributed by atoms with van der Waals surface area (Å²) < 4.78 is 2.09. The van der Waals surface area contributed by atoms with Crippen LogP contribution in [0.25, 0.3) is 5.57 Å². The molecular weight excluding hydrogens is 136 g/mol. The highest BCUT2D eigenvalue weighted by atomic mass is 15.0. The summed E-state index contributed by atoms with van der Waals surface area (Å²) >= 11 is 0. The number of allylic oxidation sites excluding steroid dienone is 2. The zero-order valence-electron chi connectivity index (χ0n) is 7.55. The van der Waals surface area contributed by atoms with E-state index in [0.717, 1.165) is 5.82 Å². The number of hydrogen-bond donors (Lipinski definition) is 0. The third-order valence-electron chi connectivity index (χ3n) is 2.06. The molecule has 2 heteroatoms. The maximum Gasteiger partial charge on any atom is 0.105 e. The number of nitrogens with zero attached hydrogens (tertiary/aromatic N) is 2. The monoisotopic (exact) mass is 150 g/mol. The molecule has 11 heavy (non-hydrogen) atoms. The second-order valence-corrected chi connectivity index (χ2v) is 2.72. The Bertz CT molecular complexity index is 282. The van der Waals surface area contributed by atoms with Crippen molar-refractivity contribution in [3.63, 3.8) is 0 Å². The predicted octanol–water partition coefficient (Wildman–Crippen LogP) is 2.15. The van der Waals surface area contributed by atoms with Crippen molar-refractivity contribution in [1.82, 2.24) is 9.55 Å². The summed E-state index contributed by atoms with van der Waals surface area (Å²) in [5.41, 5.74) is 2.47. The van der Waals surface area contributed by atoms with Crippen molar-refractivity contribution >= 4 is 5.57 Å². The fourth-order valence-electron chi connectivity index (χ4n) is 1.02. The molecule has 1 heterocycles. The summed E-state index contributed by atoms with van der Waals surface area (Å²) in [4.78, 5) is 4.21. The van der Waals surface area contributed by atoms with Gasteiger partial charge in [0.05, 0.1) is 11.9 Å². The lowest BCUT2D eigenvalue weighted by molar-refractivity contribution is 0.845. The summed E-state index contributed by atoms with van der Waals surface area (Å²) in [5.74, 6) is 1.06. The second kappa shape index (κ2) is 2.91. The van der Waals surface area contributed by atoms with Crippen molar-refractivity contribution in [1.29, 1.82) is 0 Å². The van der Waals surface area contributed by atoms with Gasteiger partial charge < -0.3 is 4.57 Å². The van der Waals surface area contributed by atoms with Gasteiger partial charge in [0.15, 0.2) is 0 Å². The summed E-state index contributed by atoms with van der Waals surface area (Å²) in [5, 5.41) is 0. The van der Waals surface area contributed by atoms with E-state index in [1.54, 1.807) is 0 Å². The Kier molecular flexibility index (Phi) is 2.13. The molecule has 0 saturated carbocycles. The maximum absolute atomic E-state index is 4.21. The fraction of sp³-hybridized carbons (Fsp3) is 0.444. The summed E-state index contributed by atoms with van der Waals surface area (Å²) in [6.07, 6.45) is 4.00. The smallest absolute Gasteiger partial charge is 0.105 e. The van der Waals surface area contributed by atoms with Crippen molar-refractivity contribution in [2.45, 2.75) is 20.8 Å². The van der Waals surface area contributed by atoms with Gasteiger partial charge in [0.1, 0.15) is 5.82 Å². The average Bonchev–Trinajstić information content (AvgIpc) is 2.32. The van der Waals surface area contributed by atoms with E-state index in [9.17, 15) is 0 Å².